The van der Waals surface area contributed by atoms with E-state index in [1.807, 2.05) is 18.7 Å². The summed E-state index contributed by atoms with van der Waals surface area (Å²) < 4.78 is 37.0. The highest BCUT2D eigenvalue weighted by Crippen LogP contribution is 2.31. The molecular formula is C25H28F2N8O2. The maximum atomic E-state index is 15.1. The maximum Gasteiger partial charge on any atom is 0.324 e. The number of fused-ring (bicyclic) bond motifs is 1. The van der Waals surface area contributed by atoms with E-state index in [2.05, 4.69) is 25.4 Å². The van der Waals surface area contributed by atoms with E-state index in [-0.39, 0.29) is 40.2 Å². The summed E-state index contributed by atoms with van der Waals surface area (Å²) in [7, 11) is 3.18. The van der Waals surface area contributed by atoms with Crippen molar-refractivity contribution in [2.45, 2.75) is 32.7 Å². The maximum absolute atomic E-state index is 15.1. The number of nitrogens with one attached hydrogen (secondary N) is 1. The predicted molar refractivity (Wildman–Crippen MR) is 134 cm³/mol. The normalized spacial score (nSPS) is 15.6. The summed E-state index contributed by atoms with van der Waals surface area (Å²) >= 11 is 0. The Labute approximate surface area is 212 Å². The zero-order chi connectivity index (χ0) is 26.3. The molecule has 3 aromatic heterocycles. The van der Waals surface area contributed by atoms with Gasteiger partial charge >= 0.3 is 6.01 Å². The molecule has 4 aromatic rings. The van der Waals surface area contributed by atoms with Crippen molar-refractivity contribution in [3.63, 3.8) is 0 Å². The Morgan fingerprint density at radius 3 is 2.76 bits per heavy atom. The van der Waals surface area contributed by atoms with E-state index in [9.17, 15) is 9.18 Å². The Morgan fingerprint density at radius 1 is 1.24 bits per heavy atom. The lowest BCUT2D eigenvalue weighted by molar-refractivity contribution is 0.0827. The van der Waals surface area contributed by atoms with Gasteiger partial charge in [0.05, 0.1) is 11.1 Å². The van der Waals surface area contributed by atoms with Gasteiger partial charge in [0.2, 0.25) is 0 Å². The summed E-state index contributed by atoms with van der Waals surface area (Å²) in [5.41, 5.74) is 0.701. The van der Waals surface area contributed by atoms with Gasteiger partial charge in [0.25, 0.3) is 5.91 Å². The largest absolute Gasteiger partial charge is 0.345 e. The summed E-state index contributed by atoms with van der Waals surface area (Å²) in [6, 6.07) is 4.59. The van der Waals surface area contributed by atoms with E-state index in [0.29, 0.717) is 30.6 Å². The van der Waals surface area contributed by atoms with Crippen molar-refractivity contribution < 1.29 is 18.1 Å². The van der Waals surface area contributed by atoms with Crippen molar-refractivity contribution in [2.24, 2.45) is 5.92 Å². The molecule has 1 aromatic carbocycles. The number of rotatable bonds is 7. The van der Waals surface area contributed by atoms with Crippen LogP contribution in [0.25, 0.3) is 11.0 Å². The average Bonchev–Trinajstić information content (AvgIpc) is 3.60. The molecule has 1 N–H and O–H groups in total. The summed E-state index contributed by atoms with van der Waals surface area (Å²) in [4.78, 5) is 28.4. The van der Waals surface area contributed by atoms with E-state index >= 15 is 4.39 Å². The highest BCUT2D eigenvalue weighted by Gasteiger charge is 2.28. The lowest BCUT2D eigenvalue weighted by atomic mass is 10.1. The molecule has 0 bridgehead atoms. The van der Waals surface area contributed by atoms with Gasteiger partial charge < -0.3 is 24.2 Å². The summed E-state index contributed by atoms with van der Waals surface area (Å²) in [5, 5.41) is 7.06. The fraction of sp³-hybridized carbons (Fsp3) is 0.400. The number of nitrogens with zero attached hydrogens (tertiary/aromatic N) is 7. The number of anilines is 3. The lowest BCUT2D eigenvalue weighted by Gasteiger charge is -2.14. The van der Waals surface area contributed by atoms with E-state index in [4.69, 9.17) is 4.52 Å². The monoisotopic (exact) mass is 510 g/mol. The van der Waals surface area contributed by atoms with Crippen molar-refractivity contribution in [3.05, 3.63) is 53.7 Å². The van der Waals surface area contributed by atoms with Gasteiger partial charge in [-0.15, -0.1) is 0 Å². The number of halogens is 2. The van der Waals surface area contributed by atoms with Gasteiger partial charge in [0.15, 0.2) is 11.6 Å². The first-order valence-corrected chi connectivity index (χ1v) is 12.1. The van der Waals surface area contributed by atoms with Crippen LogP contribution >= 0.6 is 0 Å². The zero-order valence-electron chi connectivity index (χ0n) is 21.1. The standard InChI is InChI=1S/C25H28F2N8O2/c1-14(2)21-31-25(37-32-21)34-8-7-15(10-34)11-35-12-18(27)20-22(28-13-29-23(20)35)30-19-6-5-16(9-17(19)26)24(36)33(3)4/h5-6,9,12-15H,7-8,10-11H2,1-4H3,(H,28,29,30)/t15-/m0/s1. The number of aromatic nitrogens is 5. The van der Waals surface area contributed by atoms with E-state index in [1.165, 1.54) is 29.6 Å². The molecular weight excluding hydrogens is 482 g/mol. The summed E-state index contributed by atoms with van der Waals surface area (Å²) in [6.45, 7) is 6.01. The number of hydrogen-bond donors (Lipinski definition) is 1. The number of amides is 1. The highest BCUT2D eigenvalue weighted by atomic mass is 19.1. The Hall–Kier alpha value is -4.09. The van der Waals surface area contributed by atoms with E-state index < -0.39 is 11.6 Å². The van der Waals surface area contributed by atoms with Crippen molar-refractivity contribution >= 4 is 34.5 Å². The van der Waals surface area contributed by atoms with Crippen LogP contribution in [0.4, 0.5) is 26.3 Å². The van der Waals surface area contributed by atoms with Crippen molar-refractivity contribution in [1.82, 2.24) is 29.6 Å². The van der Waals surface area contributed by atoms with Crippen molar-refractivity contribution in [3.8, 4) is 0 Å². The second kappa shape index (κ2) is 9.75. The van der Waals surface area contributed by atoms with Gasteiger partial charge in [0, 0.05) is 51.4 Å². The van der Waals surface area contributed by atoms with Gasteiger partial charge in [-0.25, -0.2) is 18.7 Å². The third-order valence-corrected chi connectivity index (χ3v) is 6.44. The number of carbonyl (C=O) groups excluding carboxylic acids is 1. The van der Waals surface area contributed by atoms with Crippen molar-refractivity contribution in [2.75, 3.05) is 37.4 Å². The minimum atomic E-state index is -0.646. The molecule has 0 radical (unpaired) electrons. The number of hydrogen-bond acceptors (Lipinski definition) is 8. The molecule has 12 heteroatoms. The zero-order valence-corrected chi connectivity index (χ0v) is 21.1. The van der Waals surface area contributed by atoms with Gasteiger partial charge in [-0.3, -0.25) is 4.79 Å². The molecule has 1 aliphatic rings. The average molecular weight is 511 g/mol. The van der Waals surface area contributed by atoms with Crippen LogP contribution in [-0.2, 0) is 6.54 Å². The molecule has 37 heavy (non-hydrogen) atoms. The Kier molecular flexibility index (Phi) is 6.48. The quantitative estimate of drug-likeness (QED) is 0.395. The second-order valence-electron chi connectivity index (χ2n) is 9.76. The molecule has 4 heterocycles. The summed E-state index contributed by atoms with van der Waals surface area (Å²) in [5.74, 6) is -0.258. The first kappa shape index (κ1) is 24.6. The minimum Gasteiger partial charge on any atom is -0.345 e. The van der Waals surface area contributed by atoms with Crippen LogP contribution in [-0.4, -0.2) is 62.7 Å². The predicted octanol–water partition coefficient (Wildman–Crippen LogP) is 4.19. The second-order valence-corrected chi connectivity index (χ2v) is 9.76. The molecule has 1 aliphatic heterocycles. The van der Waals surface area contributed by atoms with Gasteiger partial charge in [0.1, 0.15) is 23.6 Å². The van der Waals surface area contributed by atoms with Crippen LogP contribution in [0.5, 0.6) is 0 Å². The van der Waals surface area contributed by atoms with Crippen LogP contribution < -0.4 is 10.2 Å². The van der Waals surface area contributed by atoms with Crippen LogP contribution in [0, 0.1) is 17.6 Å². The SMILES string of the molecule is CC(C)c1noc(N2CC[C@H](Cn3cc(F)c4c(Nc5ccc(C(=O)N(C)C)cc5F)ncnc43)C2)n1. The van der Waals surface area contributed by atoms with E-state index in [1.54, 1.807) is 18.7 Å². The van der Waals surface area contributed by atoms with Crippen LogP contribution in [0.15, 0.2) is 35.2 Å². The van der Waals surface area contributed by atoms with Crippen LogP contribution in [0.3, 0.4) is 0 Å². The molecule has 0 unspecified atom stereocenters. The Morgan fingerprint density at radius 2 is 2.05 bits per heavy atom. The first-order chi connectivity index (χ1) is 17.7. The highest BCUT2D eigenvalue weighted by molar-refractivity contribution is 5.95. The van der Waals surface area contributed by atoms with Gasteiger partial charge in [-0.2, -0.15) is 4.98 Å². The Bertz CT molecular complexity index is 1450. The minimum absolute atomic E-state index is 0.0780. The molecule has 0 saturated carbocycles. The van der Waals surface area contributed by atoms with E-state index in [0.717, 1.165) is 19.0 Å². The number of carbonyl (C=O) groups is 1. The molecule has 1 saturated heterocycles. The fourth-order valence-corrected chi connectivity index (χ4v) is 4.47. The molecule has 1 atom stereocenters. The fourth-order valence-electron chi connectivity index (χ4n) is 4.47. The lowest BCUT2D eigenvalue weighted by Crippen LogP contribution is -2.21. The molecule has 0 spiro atoms. The first-order valence-electron chi connectivity index (χ1n) is 12.1. The molecule has 5 rings (SSSR count). The van der Waals surface area contributed by atoms with Crippen LogP contribution in [0.2, 0.25) is 0 Å². The number of benzene rings is 1. The Balaban J connectivity index is 1.34. The topological polar surface area (TPSA) is 105 Å². The van der Waals surface area contributed by atoms with Gasteiger partial charge in [-0.1, -0.05) is 19.0 Å². The van der Waals surface area contributed by atoms with Gasteiger partial charge in [-0.05, 0) is 30.5 Å². The molecule has 1 amide bonds. The molecule has 0 aliphatic carbocycles. The smallest absolute Gasteiger partial charge is 0.324 e. The molecule has 194 valence electrons. The molecule has 1 fully saturated rings. The summed E-state index contributed by atoms with van der Waals surface area (Å²) in [6.07, 6.45) is 3.58. The molecule has 10 nitrogen and oxygen atoms in total. The van der Waals surface area contributed by atoms with Crippen molar-refractivity contribution in [1.29, 1.82) is 0 Å². The third-order valence-electron chi connectivity index (χ3n) is 6.44. The third kappa shape index (κ3) is 4.83. The van der Waals surface area contributed by atoms with Crippen LogP contribution in [0.1, 0.15) is 42.4 Å².